The Kier molecular flexibility index (Phi) is 4.53. The molecule has 0 aliphatic carbocycles. The van der Waals surface area contributed by atoms with Crippen molar-refractivity contribution in [2.75, 3.05) is 36.0 Å². The van der Waals surface area contributed by atoms with Gasteiger partial charge in [-0.05, 0) is 30.3 Å². The molecular weight excluding hydrogens is 352 g/mol. The monoisotopic (exact) mass is 378 g/mol. The summed E-state index contributed by atoms with van der Waals surface area (Å²) in [7, 11) is 1.72. The van der Waals surface area contributed by atoms with Gasteiger partial charge in [0.1, 0.15) is 0 Å². The van der Waals surface area contributed by atoms with Crippen LogP contribution in [0.1, 0.15) is 26.5 Å². The first-order chi connectivity index (χ1) is 13.3. The molecule has 0 spiro atoms. The van der Waals surface area contributed by atoms with Crippen LogP contribution < -0.4 is 15.4 Å². The highest BCUT2D eigenvalue weighted by Crippen LogP contribution is 2.23. The molecule has 0 saturated carbocycles. The maximum absolute atomic E-state index is 12.2. The standard InChI is InChI=1S/C21H26N6O/c1-21(2,3)18-7-8-19(24-23-18)27-11-9-26(10-12-27)15-5-6-16-17(13-15)22-14-25(4)20(16)28/h5-8,13-14H,9-12H2,1-4H3. The van der Waals surface area contributed by atoms with Crippen LogP contribution in [0.3, 0.4) is 0 Å². The van der Waals surface area contributed by atoms with Crippen molar-refractivity contribution in [2.45, 2.75) is 26.2 Å². The van der Waals surface area contributed by atoms with Crippen molar-refractivity contribution < 1.29 is 0 Å². The van der Waals surface area contributed by atoms with Crippen LogP contribution in [0, 0.1) is 0 Å². The molecule has 28 heavy (non-hydrogen) atoms. The number of hydrogen-bond donors (Lipinski definition) is 0. The van der Waals surface area contributed by atoms with Crippen molar-refractivity contribution in [1.82, 2.24) is 19.7 Å². The molecule has 0 unspecified atom stereocenters. The van der Waals surface area contributed by atoms with Crippen molar-refractivity contribution >= 4 is 22.4 Å². The molecule has 0 amide bonds. The molecule has 1 saturated heterocycles. The molecule has 0 radical (unpaired) electrons. The first-order valence-electron chi connectivity index (χ1n) is 9.62. The quantitative estimate of drug-likeness (QED) is 0.682. The number of anilines is 2. The minimum Gasteiger partial charge on any atom is -0.368 e. The molecule has 0 atom stereocenters. The van der Waals surface area contributed by atoms with E-state index in [9.17, 15) is 4.79 Å². The van der Waals surface area contributed by atoms with Gasteiger partial charge in [0, 0.05) is 44.3 Å². The molecular formula is C21H26N6O. The summed E-state index contributed by atoms with van der Waals surface area (Å²) < 4.78 is 1.51. The van der Waals surface area contributed by atoms with Gasteiger partial charge in [-0.3, -0.25) is 4.79 Å². The molecule has 3 heterocycles. The predicted octanol–water partition coefficient (Wildman–Crippen LogP) is 2.35. The van der Waals surface area contributed by atoms with Crippen molar-refractivity contribution in [2.24, 2.45) is 7.05 Å². The van der Waals surface area contributed by atoms with Crippen LogP contribution in [0.4, 0.5) is 11.5 Å². The van der Waals surface area contributed by atoms with Crippen LogP contribution >= 0.6 is 0 Å². The van der Waals surface area contributed by atoms with Crippen LogP contribution in [0.5, 0.6) is 0 Å². The van der Waals surface area contributed by atoms with Crippen LogP contribution in [0.15, 0.2) is 41.5 Å². The van der Waals surface area contributed by atoms with E-state index in [-0.39, 0.29) is 11.0 Å². The number of benzene rings is 1. The summed E-state index contributed by atoms with van der Waals surface area (Å²) >= 11 is 0. The van der Waals surface area contributed by atoms with Gasteiger partial charge in [-0.25, -0.2) is 4.98 Å². The molecule has 146 valence electrons. The fraction of sp³-hybridized carbons (Fsp3) is 0.429. The molecule has 1 fully saturated rings. The van der Waals surface area contributed by atoms with E-state index in [4.69, 9.17) is 0 Å². The zero-order chi connectivity index (χ0) is 19.9. The number of piperazine rings is 1. The number of fused-ring (bicyclic) bond motifs is 1. The molecule has 7 heteroatoms. The summed E-state index contributed by atoms with van der Waals surface area (Å²) in [5, 5.41) is 9.50. The zero-order valence-electron chi connectivity index (χ0n) is 16.9. The predicted molar refractivity (Wildman–Crippen MR) is 112 cm³/mol. The van der Waals surface area contributed by atoms with Gasteiger partial charge < -0.3 is 14.4 Å². The highest BCUT2D eigenvalue weighted by molar-refractivity contribution is 5.81. The fourth-order valence-electron chi connectivity index (χ4n) is 3.48. The highest BCUT2D eigenvalue weighted by Gasteiger charge is 2.21. The summed E-state index contributed by atoms with van der Waals surface area (Å²) in [5.41, 5.74) is 2.84. The van der Waals surface area contributed by atoms with Crippen LogP contribution in [-0.4, -0.2) is 45.9 Å². The number of hydrogen-bond acceptors (Lipinski definition) is 6. The Bertz CT molecular complexity index is 1040. The van der Waals surface area contributed by atoms with E-state index in [1.165, 1.54) is 4.57 Å². The van der Waals surface area contributed by atoms with E-state index < -0.39 is 0 Å². The Balaban J connectivity index is 1.47. The van der Waals surface area contributed by atoms with Crippen LogP contribution in [-0.2, 0) is 12.5 Å². The molecule has 0 N–H and O–H groups in total. The van der Waals surface area contributed by atoms with Gasteiger partial charge in [-0.15, -0.1) is 5.10 Å². The Morgan fingerprint density at radius 3 is 2.29 bits per heavy atom. The number of aryl methyl sites for hydroxylation is 1. The average molecular weight is 378 g/mol. The van der Waals surface area contributed by atoms with Crippen molar-refractivity contribution in [3.05, 3.63) is 52.7 Å². The van der Waals surface area contributed by atoms with Crippen molar-refractivity contribution in [3.8, 4) is 0 Å². The Hall–Kier alpha value is -2.96. The molecule has 1 aliphatic heterocycles. The summed E-state index contributed by atoms with van der Waals surface area (Å²) in [5.74, 6) is 0.927. The van der Waals surface area contributed by atoms with E-state index in [0.717, 1.165) is 48.9 Å². The van der Waals surface area contributed by atoms with Gasteiger partial charge in [0.25, 0.3) is 5.56 Å². The minimum absolute atomic E-state index is 0.00927. The van der Waals surface area contributed by atoms with Gasteiger partial charge in [0.05, 0.1) is 22.9 Å². The second kappa shape index (κ2) is 6.89. The third-order valence-corrected chi connectivity index (χ3v) is 5.29. The average Bonchev–Trinajstić information content (AvgIpc) is 2.70. The molecule has 1 aliphatic rings. The lowest BCUT2D eigenvalue weighted by molar-refractivity contribution is 0.556. The van der Waals surface area contributed by atoms with Gasteiger partial charge in [0.2, 0.25) is 0 Å². The van der Waals surface area contributed by atoms with E-state index in [0.29, 0.717) is 5.39 Å². The molecule has 4 rings (SSSR count). The fourth-order valence-corrected chi connectivity index (χ4v) is 3.48. The van der Waals surface area contributed by atoms with E-state index in [1.54, 1.807) is 13.4 Å². The van der Waals surface area contributed by atoms with Crippen molar-refractivity contribution in [3.63, 3.8) is 0 Å². The Morgan fingerprint density at radius 1 is 0.929 bits per heavy atom. The number of nitrogens with zero attached hydrogens (tertiary/aromatic N) is 6. The number of aromatic nitrogens is 4. The SMILES string of the molecule is Cn1cnc2cc(N3CCN(c4ccc(C(C)(C)C)nn4)CC3)ccc2c1=O. The van der Waals surface area contributed by atoms with Gasteiger partial charge in [-0.2, -0.15) is 5.10 Å². The largest absolute Gasteiger partial charge is 0.368 e. The normalized spacial score (nSPS) is 15.3. The van der Waals surface area contributed by atoms with Gasteiger partial charge in [0.15, 0.2) is 5.82 Å². The van der Waals surface area contributed by atoms with E-state index >= 15 is 0 Å². The van der Waals surface area contributed by atoms with Crippen LogP contribution in [0.2, 0.25) is 0 Å². The summed E-state index contributed by atoms with van der Waals surface area (Å²) in [6, 6.07) is 10.0. The minimum atomic E-state index is -0.0151. The van der Waals surface area contributed by atoms with Crippen LogP contribution in [0.25, 0.3) is 10.9 Å². The molecule has 0 bridgehead atoms. The smallest absolute Gasteiger partial charge is 0.260 e. The molecule has 7 nitrogen and oxygen atoms in total. The highest BCUT2D eigenvalue weighted by atomic mass is 16.1. The first-order valence-corrected chi connectivity index (χ1v) is 9.62. The molecule has 3 aromatic rings. The third kappa shape index (κ3) is 3.44. The van der Waals surface area contributed by atoms with Gasteiger partial charge in [-0.1, -0.05) is 20.8 Å². The summed E-state index contributed by atoms with van der Waals surface area (Å²) in [6.07, 6.45) is 1.58. The first kappa shape index (κ1) is 18.4. The Morgan fingerprint density at radius 2 is 1.64 bits per heavy atom. The molecule has 2 aromatic heterocycles. The van der Waals surface area contributed by atoms with E-state index in [1.807, 2.05) is 18.2 Å². The second-order valence-electron chi connectivity index (χ2n) is 8.36. The third-order valence-electron chi connectivity index (χ3n) is 5.29. The van der Waals surface area contributed by atoms with Crippen molar-refractivity contribution in [1.29, 1.82) is 0 Å². The Labute approximate surface area is 164 Å². The van der Waals surface area contributed by atoms with Gasteiger partial charge >= 0.3 is 0 Å². The summed E-state index contributed by atoms with van der Waals surface area (Å²) in [4.78, 5) is 21.2. The summed E-state index contributed by atoms with van der Waals surface area (Å²) in [6.45, 7) is 9.96. The molecule has 1 aromatic carbocycles. The zero-order valence-corrected chi connectivity index (χ0v) is 16.9. The lowest BCUT2D eigenvalue weighted by Crippen LogP contribution is -2.47. The topological polar surface area (TPSA) is 67.2 Å². The maximum atomic E-state index is 12.2. The number of rotatable bonds is 2. The maximum Gasteiger partial charge on any atom is 0.260 e. The lowest BCUT2D eigenvalue weighted by atomic mass is 9.92. The second-order valence-corrected chi connectivity index (χ2v) is 8.36. The van der Waals surface area contributed by atoms with E-state index in [2.05, 4.69) is 57.9 Å². The lowest BCUT2D eigenvalue weighted by Gasteiger charge is -2.36.